The van der Waals surface area contributed by atoms with Crippen molar-refractivity contribution in [3.63, 3.8) is 0 Å². The normalized spacial score (nSPS) is 11.9. The SMILES string of the molecule is O=C(O)CCCN(c1cc(C(F)(F)F)ccc1Cl)S(=O)(=O)c1cccc([N+](=O)[O-])c1. The number of hydrogen-bond donors (Lipinski definition) is 1. The van der Waals surface area contributed by atoms with E-state index < -0.39 is 61.9 Å². The van der Waals surface area contributed by atoms with E-state index in [1.165, 1.54) is 0 Å². The van der Waals surface area contributed by atoms with Gasteiger partial charge in [-0.05, 0) is 30.7 Å². The number of rotatable bonds is 8. The van der Waals surface area contributed by atoms with E-state index in [0.717, 1.165) is 30.3 Å². The maximum atomic E-state index is 13.1. The molecule has 0 radical (unpaired) electrons. The van der Waals surface area contributed by atoms with E-state index in [1.54, 1.807) is 0 Å². The zero-order valence-electron chi connectivity index (χ0n) is 15.0. The van der Waals surface area contributed by atoms with Crippen molar-refractivity contribution in [3.05, 3.63) is 63.2 Å². The minimum absolute atomic E-state index is 0.240. The first-order valence-electron chi connectivity index (χ1n) is 8.20. The molecule has 8 nitrogen and oxygen atoms in total. The first kappa shape index (κ1) is 23.4. The molecule has 0 aromatic heterocycles. The first-order valence-corrected chi connectivity index (χ1v) is 10.0. The number of alkyl halides is 3. The molecule has 0 aliphatic heterocycles. The summed E-state index contributed by atoms with van der Waals surface area (Å²) in [6, 6.07) is 6.00. The molecule has 2 aromatic carbocycles. The third-order valence-electron chi connectivity index (χ3n) is 3.91. The number of sulfonamides is 1. The highest BCUT2D eigenvalue weighted by Gasteiger charge is 2.34. The maximum absolute atomic E-state index is 13.1. The molecule has 1 N–H and O–H groups in total. The minimum Gasteiger partial charge on any atom is -0.481 e. The lowest BCUT2D eigenvalue weighted by Gasteiger charge is -2.26. The number of hydrogen-bond acceptors (Lipinski definition) is 5. The van der Waals surface area contributed by atoms with E-state index >= 15 is 0 Å². The Bertz CT molecular complexity index is 1080. The average Bonchev–Trinajstić information content (AvgIpc) is 2.65. The van der Waals surface area contributed by atoms with Gasteiger partial charge in [-0.3, -0.25) is 19.2 Å². The average molecular weight is 467 g/mol. The summed E-state index contributed by atoms with van der Waals surface area (Å²) in [5, 5.41) is 19.4. The molecule has 0 saturated heterocycles. The van der Waals surface area contributed by atoms with Crippen molar-refractivity contribution in [2.75, 3.05) is 10.8 Å². The van der Waals surface area contributed by atoms with Crippen molar-refractivity contribution in [1.29, 1.82) is 0 Å². The fourth-order valence-electron chi connectivity index (χ4n) is 2.51. The Kier molecular flexibility index (Phi) is 6.93. The highest BCUT2D eigenvalue weighted by molar-refractivity contribution is 7.92. The van der Waals surface area contributed by atoms with E-state index in [4.69, 9.17) is 16.7 Å². The molecule has 0 aliphatic carbocycles. The van der Waals surface area contributed by atoms with Crippen molar-refractivity contribution in [3.8, 4) is 0 Å². The quantitative estimate of drug-likeness (QED) is 0.457. The van der Waals surface area contributed by atoms with Gasteiger partial charge in [-0.1, -0.05) is 17.7 Å². The molecule has 0 saturated carbocycles. The van der Waals surface area contributed by atoms with Gasteiger partial charge in [-0.2, -0.15) is 13.2 Å². The van der Waals surface area contributed by atoms with Crippen LogP contribution in [0.1, 0.15) is 18.4 Å². The van der Waals surface area contributed by atoms with E-state index in [1.807, 2.05) is 0 Å². The molecule has 2 rings (SSSR count). The second kappa shape index (κ2) is 8.88. The number of carboxylic acid groups (broad SMARTS) is 1. The van der Waals surface area contributed by atoms with Crippen molar-refractivity contribution < 1.29 is 36.4 Å². The Hall–Kier alpha value is -2.86. The fourth-order valence-corrected chi connectivity index (χ4v) is 4.33. The molecule has 0 unspecified atom stereocenters. The third kappa shape index (κ3) is 5.39. The molecule has 0 fully saturated rings. The van der Waals surface area contributed by atoms with Crippen LogP contribution in [0.2, 0.25) is 5.02 Å². The van der Waals surface area contributed by atoms with Crippen LogP contribution in [0.3, 0.4) is 0 Å². The number of non-ortho nitro benzene ring substituents is 1. The molecule has 0 heterocycles. The molecule has 162 valence electrons. The van der Waals surface area contributed by atoms with Crippen molar-refractivity contribution in [2.24, 2.45) is 0 Å². The monoisotopic (exact) mass is 466 g/mol. The Morgan fingerprint density at radius 1 is 1.20 bits per heavy atom. The molecule has 30 heavy (non-hydrogen) atoms. The number of anilines is 1. The smallest absolute Gasteiger partial charge is 0.416 e. The van der Waals surface area contributed by atoms with E-state index in [0.29, 0.717) is 16.4 Å². The molecule has 0 spiro atoms. The summed E-state index contributed by atoms with van der Waals surface area (Å²) in [6.07, 6.45) is -5.49. The highest BCUT2D eigenvalue weighted by atomic mass is 35.5. The van der Waals surface area contributed by atoms with Crippen LogP contribution in [0.25, 0.3) is 0 Å². The summed E-state index contributed by atoms with van der Waals surface area (Å²) in [6.45, 7) is -0.516. The van der Waals surface area contributed by atoms with Crippen LogP contribution < -0.4 is 4.31 Å². The lowest BCUT2D eigenvalue weighted by Crippen LogP contribution is -2.33. The summed E-state index contributed by atoms with van der Waals surface area (Å²) in [7, 11) is -4.61. The van der Waals surface area contributed by atoms with E-state index in [-0.39, 0.29) is 11.4 Å². The standard InChI is InChI=1S/C17H14ClF3N2O6S/c18-14-7-6-11(17(19,20)21)9-15(14)22(8-2-5-16(24)25)30(28,29)13-4-1-3-12(10-13)23(26)27/h1,3-4,6-7,9-10H,2,5,8H2,(H,24,25). The van der Waals surface area contributed by atoms with Gasteiger partial charge in [0.25, 0.3) is 15.7 Å². The Morgan fingerprint density at radius 2 is 1.87 bits per heavy atom. The highest BCUT2D eigenvalue weighted by Crippen LogP contribution is 2.37. The van der Waals surface area contributed by atoms with Gasteiger partial charge < -0.3 is 5.11 Å². The molecule has 0 amide bonds. The molecular weight excluding hydrogens is 453 g/mol. The predicted molar refractivity (Wildman–Crippen MR) is 101 cm³/mol. The number of halogens is 4. The van der Waals surface area contributed by atoms with E-state index in [2.05, 4.69) is 0 Å². The lowest BCUT2D eigenvalue weighted by molar-refractivity contribution is -0.385. The van der Waals surface area contributed by atoms with Gasteiger partial charge in [-0.15, -0.1) is 0 Å². The number of nitro groups is 1. The summed E-state index contributed by atoms with van der Waals surface area (Å²) in [5.41, 5.74) is -2.24. The van der Waals surface area contributed by atoms with Gasteiger partial charge in [0, 0.05) is 25.1 Å². The van der Waals surface area contributed by atoms with Crippen LogP contribution in [-0.2, 0) is 21.0 Å². The summed E-state index contributed by atoms with van der Waals surface area (Å²) < 4.78 is 66.1. The van der Waals surface area contributed by atoms with Crippen LogP contribution in [0.5, 0.6) is 0 Å². The van der Waals surface area contributed by atoms with Crippen molar-refractivity contribution in [2.45, 2.75) is 23.9 Å². The van der Waals surface area contributed by atoms with Crippen LogP contribution in [0.15, 0.2) is 47.4 Å². The third-order valence-corrected chi connectivity index (χ3v) is 6.04. The van der Waals surface area contributed by atoms with Crippen LogP contribution >= 0.6 is 11.6 Å². The van der Waals surface area contributed by atoms with Gasteiger partial charge in [0.15, 0.2) is 0 Å². The van der Waals surface area contributed by atoms with Gasteiger partial charge in [0.2, 0.25) is 0 Å². The van der Waals surface area contributed by atoms with Gasteiger partial charge >= 0.3 is 12.1 Å². The fraction of sp³-hybridized carbons (Fsp3) is 0.235. The van der Waals surface area contributed by atoms with E-state index in [9.17, 15) is 36.5 Å². The summed E-state index contributed by atoms with van der Waals surface area (Å²) >= 11 is 5.96. The number of nitrogens with zero attached hydrogens (tertiary/aromatic N) is 2. The number of aliphatic carboxylic acids is 1. The molecular formula is C17H14ClF3N2O6S. The minimum atomic E-state index is -4.79. The number of benzene rings is 2. The van der Waals surface area contributed by atoms with Crippen LogP contribution in [-0.4, -0.2) is 31.0 Å². The summed E-state index contributed by atoms with van der Waals surface area (Å²) in [5.74, 6) is -1.24. The maximum Gasteiger partial charge on any atom is 0.416 e. The van der Waals surface area contributed by atoms with Gasteiger partial charge in [0.05, 0.1) is 26.1 Å². The number of carboxylic acids is 1. The Labute approximate surface area is 173 Å². The summed E-state index contributed by atoms with van der Waals surface area (Å²) in [4.78, 5) is 20.4. The number of nitro benzene ring substituents is 1. The predicted octanol–water partition coefficient (Wildman–Crippen LogP) is 4.33. The van der Waals surface area contributed by atoms with Gasteiger partial charge in [-0.25, -0.2) is 8.42 Å². The number of carbonyl (C=O) groups is 1. The second-order valence-corrected chi connectivity index (χ2v) is 8.26. The zero-order valence-corrected chi connectivity index (χ0v) is 16.5. The van der Waals surface area contributed by atoms with Crippen LogP contribution in [0, 0.1) is 10.1 Å². The first-order chi connectivity index (χ1) is 13.8. The van der Waals surface area contributed by atoms with Gasteiger partial charge in [0.1, 0.15) is 0 Å². The Morgan fingerprint density at radius 3 is 2.43 bits per heavy atom. The lowest BCUT2D eigenvalue weighted by atomic mass is 10.2. The van der Waals surface area contributed by atoms with Crippen molar-refractivity contribution in [1.82, 2.24) is 0 Å². The molecule has 0 bridgehead atoms. The van der Waals surface area contributed by atoms with Crippen LogP contribution in [0.4, 0.5) is 24.5 Å². The molecule has 2 aromatic rings. The van der Waals surface area contributed by atoms with Crippen molar-refractivity contribution >= 4 is 39.0 Å². The zero-order chi connectivity index (χ0) is 22.7. The topological polar surface area (TPSA) is 118 Å². The molecule has 13 heteroatoms. The second-order valence-electron chi connectivity index (χ2n) is 5.99. The largest absolute Gasteiger partial charge is 0.481 e. The Balaban J connectivity index is 2.62. The molecule has 0 atom stereocenters. The molecule has 0 aliphatic rings.